The standard InChI is InChI=1S/C16H17ClN2O/c17-10-2-6-15-13(8-10)12-7-9(1-5-14(12)19-15)16(20)18-11-3-4-11/h2,6,8-9,11,19H,1,3-5,7H2,(H,18,20). The first-order valence-electron chi connectivity index (χ1n) is 7.30. The molecule has 4 heteroatoms. The minimum Gasteiger partial charge on any atom is -0.358 e. The number of carbonyl (C=O) groups is 1. The number of halogens is 1. The van der Waals surface area contributed by atoms with E-state index in [-0.39, 0.29) is 11.8 Å². The molecule has 4 rings (SSSR count). The molecule has 1 fully saturated rings. The number of benzene rings is 1. The van der Waals surface area contributed by atoms with E-state index in [1.165, 1.54) is 16.6 Å². The summed E-state index contributed by atoms with van der Waals surface area (Å²) < 4.78 is 0. The Morgan fingerprint density at radius 1 is 1.30 bits per heavy atom. The van der Waals surface area contributed by atoms with Crippen molar-refractivity contribution in [2.24, 2.45) is 5.92 Å². The fourth-order valence-corrected chi connectivity index (χ4v) is 3.33. The first kappa shape index (κ1) is 12.3. The normalized spacial score (nSPS) is 21.8. The molecule has 1 heterocycles. The van der Waals surface area contributed by atoms with Gasteiger partial charge in [-0.25, -0.2) is 0 Å². The van der Waals surface area contributed by atoms with Crippen LogP contribution in [-0.4, -0.2) is 16.9 Å². The molecule has 20 heavy (non-hydrogen) atoms. The van der Waals surface area contributed by atoms with E-state index in [0.717, 1.165) is 42.6 Å². The minimum atomic E-state index is 0.112. The maximum atomic E-state index is 12.2. The molecule has 1 saturated carbocycles. The van der Waals surface area contributed by atoms with Gasteiger partial charge in [0.25, 0.3) is 0 Å². The van der Waals surface area contributed by atoms with Gasteiger partial charge in [0.1, 0.15) is 0 Å². The minimum absolute atomic E-state index is 0.112. The summed E-state index contributed by atoms with van der Waals surface area (Å²) in [7, 11) is 0. The topological polar surface area (TPSA) is 44.9 Å². The van der Waals surface area contributed by atoms with Crippen LogP contribution in [0.2, 0.25) is 5.02 Å². The second kappa shape index (κ2) is 4.52. The molecule has 0 aliphatic heterocycles. The van der Waals surface area contributed by atoms with Crippen molar-refractivity contribution < 1.29 is 4.79 Å². The monoisotopic (exact) mass is 288 g/mol. The maximum Gasteiger partial charge on any atom is 0.223 e. The van der Waals surface area contributed by atoms with E-state index in [4.69, 9.17) is 11.6 Å². The molecule has 2 aliphatic carbocycles. The average molecular weight is 289 g/mol. The molecule has 0 radical (unpaired) electrons. The lowest BCUT2D eigenvalue weighted by atomic mass is 9.86. The van der Waals surface area contributed by atoms with E-state index in [1.54, 1.807) is 0 Å². The lowest BCUT2D eigenvalue weighted by Gasteiger charge is -2.21. The summed E-state index contributed by atoms with van der Waals surface area (Å²) in [5.41, 5.74) is 3.69. The smallest absolute Gasteiger partial charge is 0.223 e. The third-order valence-corrected chi connectivity index (χ3v) is 4.68. The molecule has 2 aliphatic rings. The quantitative estimate of drug-likeness (QED) is 0.876. The SMILES string of the molecule is O=C(NC1CC1)C1CCc2[nH]c3ccc(Cl)cc3c2C1. The Kier molecular flexibility index (Phi) is 2.77. The van der Waals surface area contributed by atoms with Crippen LogP contribution in [0.25, 0.3) is 10.9 Å². The van der Waals surface area contributed by atoms with Crippen LogP contribution in [0.4, 0.5) is 0 Å². The van der Waals surface area contributed by atoms with Gasteiger partial charge in [-0.3, -0.25) is 4.79 Å². The van der Waals surface area contributed by atoms with Crippen molar-refractivity contribution in [1.82, 2.24) is 10.3 Å². The van der Waals surface area contributed by atoms with Crippen LogP contribution in [0.15, 0.2) is 18.2 Å². The summed E-state index contributed by atoms with van der Waals surface area (Å²) in [6.07, 6.45) is 5.00. The summed E-state index contributed by atoms with van der Waals surface area (Å²) >= 11 is 6.10. The number of nitrogens with one attached hydrogen (secondary N) is 2. The molecule has 104 valence electrons. The van der Waals surface area contributed by atoms with Gasteiger partial charge in [-0.2, -0.15) is 0 Å². The number of aryl methyl sites for hydroxylation is 1. The molecule has 0 spiro atoms. The van der Waals surface area contributed by atoms with Gasteiger partial charge in [0.15, 0.2) is 0 Å². The van der Waals surface area contributed by atoms with Crippen molar-refractivity contribution in [1.29, 1.82) is 0 Å². The summed E-state index contributed by atoms with van der Waals surface area (Å²) in [5.74, 6) is 0.343. The number of amides is 1. The van der Waals surface area contributed by atoms with E-state index in [0.29, 0.717) is 6.04 Å². The van der Waals surface area contributed by atoms with E-state index in [2.05, 4.69) is 10.3 Å². The molecular weight excluding hydrogens is 272 g/mol. The number of hydrogen-bond donors (Lipinski definition) is 2. The second-order valence-electron chi connectivity index (χ2n) is 5.99. The van der Waals surface area contributed by atoms with E-state index >= 15 is 0 Å². The number of carbonyl (C=O) groups excluding carboxylic acids is 1. The average Bonchev–Trinajstić information content (AvgIpc) is 3.18. The van der Waals surface area contributed by atoms with Gasteiger partial charge in [-0.05, 0) is 55.9 Å². The molecule has 1 unspecified atom stereocenters. The molecule has 1 amide bonds. The first-order chi connectivity index (χ1) is 9.70. The second-order valence-corrected chi connectivity index (χ2v) is 6.43. The predicted octanol–water partition coefficient (Wildman–Crippen LogP) is 3.20. The highest BCUT2D eigenvalue weighted by atomic mass is 35.5. The van der Waals surface area contributed by atoms with Gasteiger partial charge in [0.05, 0.1) is 0 Å². The van der Waals surface area contributed by atoms with Crippen LogP contribution in [0, 0.1) is 5.92 Å². The summed E-state index contributed by atoms with van der Waals surface area (Å²) in [4.78, 5) is 15.7. The first-order valence-corrected chi connectivity index (χ1v) is 7.68. The molecular formula is C16H17ClN2O. The number of fused-ring (bicyclic) bond motifs is 3. The molecule has 2 aromatic rings. The number of aromatic amines is 1. The van der Waals surface area contributed by atoms with Crippen LogP contribution in [0.1, 0.15) is 30.5 Å². The van der Waals surface area contributed by atoms with E-state index < -0.39 is 0 Å². The van der Waals surface area contributed by atoms with Gasteiger partial charge in [-0.15, -0.1) is 0 Å². The Hall–Kier alpha value is -1.48. The highest BCUT2D eigenvalue weighted by Crippen LogP contribution is 2.33. The van der Waals surface area contributed by atoms with Crippen molar-refractivity contribution >= 4 is 28.4 Å². The number of hydrogen-bond acceptors (Lipinski definition) is 1. The van der Waals surface area contributed by atoms with E-state index in [1.807, 2.05) is 18.2 Å². The highest BCUT2D eigenvalue weighted by Gasteiger charge is 2.31. The third kappa shape index (κ3) is 2.10. The van der Waals surface area contributed by atoms with Crippen molar-refractivity contribution in [3.63, 3.8) is 0 Å². The Morgan fingerprint density at radius 3 is 2.95 bits per heavy atom. The summed E-state index contributed by atoms with van der Waals surface area (Å²) in [5, 5.41) is 5.06. The number of rotatable bonds is 2. The predicted molar refractivity (Wildman–Crippen MR) is 80.0 cm³/mol. The zero-order valence-electron chi connectivity index (χ0n) is 11.2. The van der Waals surface area contributed by atoms with Crippen molar-refractivity contribution in [3.8, 4) is 0 Å². The number of H-pyrrole nitrogens is 1. The zero-order chi connectivity index (χ0) is 13.7. The fraction of sp³-hybridized carbons (Fsp3) is 0.438. The van der Waals surface area contributed by atoms with Crippen LogP contribution < -0.4 is 5.32 Å². The van der Waals surface area contributed by atoms with Gasteiger partial charge >= 0.3 is 0 Å². The summed E-state index contributed by atoms with van der Waals surface area (Å²) in [6, 6.07) is 6.38. The maximum absolute atomic E-state index is 12.2. The number of aromatic nitrogens is 1. The summed E-state index contributed by atoms with van der Waals surface area (Å²) in [6.45, 7) is 0. The molecule has 1 aromatic carbocycles. The van der Waals surface area contributed by atoms with Crippen LogP contribution in [0.5, 0.6) is 0 Å². The van der Waals surface area contributed by atoms with Crippen LogP contribution >= 0.6 is 11.6 Å². The van der Waals surface area contributed by atoms with Crippen LogP contribution in [-0.2, 0) is 17.6 Å². The Bertz CT molecular complexity index is 687. The third-order valence-electron chi connectivity index (χ3n) is 4.44. The highest BCUT2D eigenvalue weighted by molar-refractivity contribution is 6.31. The Labute approximate surface area is 122 Å². The molecule has 3 nitrogen and oxygen atoms in total. The molecule has 0 bridgehead atoms. The molecule has 2 N–H and O–H groups in total. The van der Waals surface area contributed by atoms with Crippen LogP contribution in [0.3, 0.4) is 0 Å². The van der Waals surface area contributed by atoms with Crippen molar-refractivity contribution in [2.45, 2.75) is 38.1 Å². The lowest BCUT2D eigenvalue weighted by molar-refractivity contribution is -0.125. The molecule has 0 saturated heterocycles. The van der Waals surface area contributed by atoms with Gasteiger partial charge in [0, 0.05) is 33.6 Å². The van der Waals surface area contributed by atoms with Gasteiger partial charge in [0.2, 0.25) is 5.91 Å². The largest absolute Gasteiger partial charge is 0.358 e. The molecule has 1 atom stereocenters. The Morgan fingerprint density at radius 2 is 2.15 bits per heavy atom. The van der Waals surface area contributed by atoms with Crippen molar-refractivity contribution in [2.75, 3.05) is 0 Å². The lowest BCUT2D eigenvalue weighted by Crippen LogP contribution is -2.35. The zero-order valence-corrected chi connectivity index (χ0v) is 12.0. The van der Waals surface area contributed by atoms with Gasteiger partial charge < -0.3 is 10.3 Å². The molecule has 1 aromatic heterocycles. The Balaban J connectivity index is 1.65. The van der Waals surface area contributed by atoms with E-state index in [9.17, 15) is 4.79 Å². The fourth-order valence-electron chi connectivity index (χ4n) is 3.16. The van der Waals surface area contributed by atoms with Crippen molar-refractivity contribution in [3.05, 3.63) is 34.5 Å². The van der Waals surface area contributed by atoms with Gasteiger partial charge in [-0.1, -0.05) is 11.6 Å².